The van der Waals surface area contributed by atoms with Crippen molar-refractivity contribution in [1.29, 1.82) is 0 Å². The van der Waals surface area contributed by atoms with Gasteiger partial charge in [0.05, 0.1) is 28.4 Å². The number of aromatic nitrogens is 2. The molecule has 11 heteroatoms. The number of sulfonamides is 1. The van der Waals surface area contributed by atoms with Gasteiger partial charge in [0, 0.05) is 18.8 Å². The molecule has 1 amide bonds. The van der Waals surface area contributed by atoms with Crippen LogP contribution in [0.2, 0.25) is 5.02 Å². The summed E-state index contributed by atoms with van der Waals surface area (Å²) in [5, 5.41) is 2.86. The lowest BCUT2D eigenvalue weighted by atomic mass is 10.0. The van der Waals surface area contributed by atoms with E-state index in [0.29, 0.717) is 17.8 Å². The minimum Gasteiger partial charge on any atom is -0.340 e. The van der Waals surface area contributed by atoms with Crippen LogP contribution in [0.3, 0.4) is 0 Å². The quantitative estimate of drug-likeness (QED) is 0.600. The summed E-state index contributed by atoms with van der Waals surface area (Å²) in [6.07, 6.45) is 3.24. The molecule has 0 unspecified atom stereocenters. The highest BCUT2D eigenvalue weighted by atomic mass is 35.5. The molecule has 0 spiro atoms. The number of nitrogens with one attached hydrogen (secondary N) is 3. The zero-order valence-corrected chi connectivity index (χ0v) is 16.9. The second kappa shape index (κ2) is 8.16. The largest absolute Gasteiger partial charge is 0.340 e. The first kappa shape index (κ1) is 20.7. The van der Waals surface area contributed by atoms with Crippen LogP contribution in [-0.4, -0.2) is 42.7 Å². The summed E-state index contributed by atoms with van der Waals surface area (Å²) < 4.78 is 40.5. The van der Waals surface area contributed by atoms with Gasteiger partial charge in [-0.3, -0.25) is 10.2 Å². The number of carbonyl (C=O) groups is 1. The van der Waals surface area contributed by atoms with Crippen LogP contribution in [0.4, 0.5) is 4.39 Å². The third kappa shape index (κ3) is 4.69. The van der Waals surface area contributed by atoms with E-state index in [1.54, 1.807) is 24.1 Å². The number of amides is 1. The van der Waals surface area contributed by atoms with Crippen LogP contribution in [0.5, 0.6) is 0 Å². The second-order valence-electron chi connectivity index (χ2n) is 6.98. The topological polar surface area (TPSA) is 105 Å². The van der Waals surface area contributed by atoms with Crippen LogP contribution >= 0.6 is 11.6 Å². The molecule has 1 aliphatic heterocycles. The summed E-state index contributed by atoms with van der Waals surface area (Å²) in [5.74, 6) is -1.88. The molecule has 1 aliphatic rings. The summed E-state index contributed by atoms with van der Waals surface area (Å²) in [6.45, 7) is 3.29. The Morgan fingerprint density at radius 1 is 1.43 bits per heavy atom. The lowest BCUT2D eigenvalue weighted by Gasteiger charge is -2.15. The van der Waals surface area contributed by atoms with Gasteiger partial charge in [0.1, 0.15) is 0 Å². The molecule has 0 bridgehead atoms. The zero-order valence-electron chi connectivity index (χ0n) is 15.4. The van der Waals surface area contributed by atoms with Gasteiger partial charge in [0.25, 0.3) is 5.91 Å². The van der Waals surface area contributed by atoms with E-state index in [4.69, 9.17) is 11.6 Å². The second-order valence-corrected chi connectivity index (χ2v) is 9.15. The van der Waals surface area contributed by atoms with Crippen LogP contribution < -0.4 is 15.6 Å². The van der Waals surface area contributed by atoms with Gasteiger partial charge in [0.2, 0.25) is 10.0 Å². The van der Waals surface area contributed by atoms with Gasteiger partial charge in [-0.15, -0.1) is 4.83 Å². The molecule has 28 heavy (non-hydrogen) atoms. The first-order valence-corrected chi connectivity index (χ1v) is 10.7. The Hall–Kier alpha value is -2.01. The van der Waals surface area contributed by atoms with Crippen LogP contribution in [0.1, 0.15) is 17.3 Å². The highest BCUT2D eigenvalue weighted by Gasteiger charge is 2.28. The Balaban J connectivity index is 1.74. The van der Waals surface area contributed by atoms with Crippen molar-refractivity contribution >= 4 is 27.5 Å². The first-order chi connectivity index (χ1) is 13.2. The van der Waals surface area contributed by atoms with Crippen LogP contribution in [0, 0.1) is 17.7 Å². The lowest BCUT2D eigenvalue weighted by Crippen LogP contribution is -2.44. The minimum absolute atomic E-state index is 0.0620. The van der Waals surface area contributed by atoms with Gasteiger partial charge < -0.3 is 9.88 Å². The number of aryl methyl sites for hydroxylation is 1. The number of carbonyl (C=O) groups excluding carboxylic acids is 1. The van der Waals surface area contributed by atoms with Gasteiger partial charge in [0.15, 0.2) is 5.82 Å². The molecular weight excluding hydrogens is 409 g/mol. The van der Waals surface area contributed by atoms with Crippen LogP contribution in [0.15, 0.2) is 24.7 Å². The molecule has 1 fully saturated rings. The van der Waals surface area contributed by atoms with Crippen LogP contribution in [0.25, 0.3) is 11.3 Å². The zero-order chi connectivity index (χ0) is 20.5. The summed E-state index contributed by atoms with van der Waals surface area (Å²) in [6, 6.07) is 2.63. The summed E-state index contributed by atoms with van der Waals surface area (Å²) >= 11 is 5.90. The number of nitrogens with zero attached hydrogens (tertiary/aromatic N) is 2. The van der Waals surface area contributed by atoms with Crippen molar-refractivity contribution in [2.24, 2.45) is 18.9 Å². The Labute approximate surface area is 167 Å². The van der Waals surface area contributed by atoms with E-state index < -0.39 is 21.7 Å². The Kier molecular flexibility index (Phi) is 6.04. The molecule has 1 saturated heterocycles. The Bertz CT molecular complexity index is 995. The first-order valence-electron chi connectivity index (χ1n) is 8.64. The number of hydrazine groups is 1. The van der Waals surface area contributed by atoms with Crippen molar-refractivity contribution in [3.05, 3.63) is 41.1 Å². The molecule has 3 N–H and O–H groups in total. The van der Waals surface area contributed by atoms with E-state index in [1.807, 2.05) is 11.8 Å². The monoisotopic (exact) mass is 429 g/mol. The van der Waals surface area contributed by atoms with E-state index in [1.165, 1.54) is 12.1 Å². The van der Waals surface area contributed by atoms with Crippen molar-refractivity contribution in [3.8, 4) is 11.3 Å². The Morgan fingerprint density at radius 2 is 2.18 bits per heavy atom. The molecule has 1 aromatic heterocycles. The predicted molar refractivity (Wildman–Crippen MR) is 104 cm³/mol. The average Bonchev–Trinajstić information content (AvgIpc) is 3.23. The van der Waals surface area contributed by atoms with E-state index >= 15 is 0 Å². The maximum atomic E-state index is 14.3. The molecule has 2 atom stereocenters. The fourth-order valence-electron chi connectivity index (χ4n) is 3.07. The SMILES string of the molecule is C[C@@H]1CNC[C@H]1CS(=O)(=O)NNC(=O)c1cc(-c2cn(C)cn2)cc(Cl)c1F. The predicted octanol–water partition coefficient (Wildman–Crippen LogP) is 1.30. The molecule has 8 nitrogen and oxygen atoms in total. The number of imidazole rings is 1. The minimum atomic E-state index is -3.78. The normalized spacial score (nSPS) is 19.7. The average molecular weight is 430 g/mol. The molecule has 0 saturated carbocycles. The smallest absolute Gasteiger partial charge is 0.269 e. The molecule has 2 aromatic rings. The van der Waals surface area contributed by atoms with Crippen molar-refractivity contribution in [1.82, 2.24) is 25.1 Å². The number of halogens is 2. The molecular formula is C17H21ClFN5O3S. The molecule has 1 aromatic carbocycles. The fourth-order valence-corrected chi connectivity index (χ4v) is 4.63. The molecule has 152 valence electrons. The third-order valence-corrected chi connectivity index (χ3v) is 6.26. The standard InChI is InChI=1S/C17H21ClFN5O3S/c1-10-5-20-6-12(10)8-28(26,27)23-22-17(25)13-3-11(4-14(18)16(13)19)15-7-24(2)9-21-15/h3-4,7,9-10,12,20,23H,5-6,8H2,1-2H3,(H,22,25)/t10-,12+/m1/s1. The number of benzene rings is 1. The van der Waals surface area contributed by atoms with Gasteiger partial charge in [-0.1, -0.05) is 18.5 Å². The highest BCUT2D eigenvalue weighted by Crippen LogP contribution is 2.27. The van der Waals surface area contributed by atoms with Gasteiger partial charge in [-0.2, -0.15) is 0 Å². The van der Waals surface area contributed by atoms with Crippen molar-refractivity contribution < 1.29 is 17.6 Å². The van der Waals surface area contributed by atoms with Crippen LogP contribution in [-0.2, 0) is 17.1 Å². The fraction of sp³-hybridized carbons (Fsp3) is 0.412. The number of hydrogen-bond acceptors (Lipinski definition) is 5. The Morgan fingerprint density at radius 3 is 2.79 bits per heavy atom. The summed E-state index contributed by atoms with van der Waals surface area (Å²) in [4.78, 5) is 18.5. The van der Waals surface area contributed by atoms with E-state index in [9.17, 15) is 17.6 Å². The van der Waals surface area contributed by atoms with Gasteiger partial charge >= 0.3 is 0 Å². The number of rotatable bonds is 6. The maximum absolute atomic E-state index is 14.3. The van der Waals surface area contributed by atoms with E-state index in [0.717, 1.165) is 6.54 Å². The van der Waals surface area contributed by atoms with E-state index in [-0.39, 0.29) is 28.2 Å². The maximum Gasteiger partial charge on any atom is 0.269 e. The summed E-state index contributed by atoms with van der Waals surface area (Å²) in [5.41, 5.74) is 2.61. The molecule has 0 aliphatic carbocycles. The van der Waals surface area contributed by atoms with Gasteiger partial charge in [-0.25, -0.2) is 17.8 Å². The third-order valence-electron chi connectivity index (χ3n) is 4.70. The lowest BCUT2D eigenvalue weighted by molar-refractivity contribution is 0.0941. The highest BCUT2D eigenvalue weighted by molar-refractivity contribution is 7.89. The van der Waals surface area contributed by atoms with Gasteiger partial charge in [-0.05, 0) is 37.1 Å². The van der Waals surface area contributed by atoms with Crippen molar-refractivity contribution in [2.75, 3.05) is 18.8 Å². The van der Waals surface area contributed by atoms with Crippen molar-refractivity contribution in [3.63, 3.8) is 0 Å². The molecule has 0 radical (unpaired) electrons. The summed E-state index contributed by atoms with van der Waals surface area (Å²) in [7, 11) is -2.01. The van der Waals surface area contributed by atoms with Crippen molar-refractivity contribution in [2.45, 2.75) is 6.92 Å². The molecule has 3 rings (SSSR count). The van der Waals surface area contributed by atoms with E-state index in [2.05, 4.69) is 15.7 Å². The number of hydrogen-bond donors (Lipinski definition) is 3. The molecule has 2 heterocycles.